The summed E-state index contributed by atoms with van der Waals surface area (Å²) in [5, 5.41) is 0. The highest BCUT2D eigenvalue weighted by Crippen LogP contribution is 2.38. The van der Waals surface area contributed by atoms with Crippen molar-refractivity contribution in [3.63, 3.8) is 0 Å². The zero-order valence-corrected chi connectivity index (χ0v) is 7.84. The fourth-order valence-corrected chi connectivity index (χ4v) is 2.28. The molecular weight excluding hydrogens is 132 g/mol. The molecule has 0 saturated heterocycles. The van der Waals surface area contributed by atoms with Gasteiger partial charge in [0.25, 0.3) is 0 Å². The number of allylic oxidation sites excluding steroid dienone is 2. The summed E-state index contributed by atoms with van der Waals surface area (Å²) in [5.41, 5.74) is 0. The summed E-state index contributed by atoms with van der Waals surface area (Å²) in [6.45, 7) is 4.00. The van der Waals surface area contributed by atoms with Gasteiger partial charge in [0.2, 0.25) is 0 Å². The van der Waals surface area contributed by atoms with E-state index in [4.69, 9.17) is 0 Å². The molecule has 64 valence electrons. The number of hydrogen-bond acceptors (Lipinski definition) is 0. The Morgan fingerprint density at radius 1 is 0.909 bits per heavy atom. The predicted molar refractivity (Wildman–Crippen MR) is 50.6 cm³/mol. The fraction of sp³-hybridized carbons (Fsp3) is 0.818. The number of rotatable bonds is 0. The van der Waals surface area contributed by atoms with E-state index in [1.54, 1.807) is 0 Å². The first kappa shape index (κ1) is 8.83. The monoisotopic (exact) mass is 152 g/mol. The maximum atomic E-state index is 2.37. The molecular formula is C11H20. The van der Waals surface area contributed by atoms with Crippen molar-refractivity contribution in [3.05, 3.63) is 12.2 Å². The molecule has 0 bridgehead atoms. The quantitative estimate of drug-likeness (QED) is 0.463. The maximum absolute atomic E-state index is 2.37. The molecule has 0 nitrogen and oxygen atoms in total. The molecule has 2 aliphatic carbocycles. The van der Waals surface area contributed by atoms with Gasteiger partial charge in [0.15, 0.2) is 0 Å². The lowest BCUT2D eigenvalue weighted by Crippen LogP contribution is -2.08. The van der Waals surface area contributed by atoms with Gasteiger partial charge in [0, 0.05) is 0 Å². The Labute approximate surface area is 70.7 Å². The summed E-state index contributed by atoms with van der Waals surface area (Å²) < 4.78 is 0. The molecule has 2 atom stereocenters. The Morgan fingerprint density at radius 3 is 1.82 bits per heavy atom. The van der Waals surface area contributed by atoms with Crippen molar-refractivity contribution < 1.29 is 0 Å². The average molecular weight is 152 g/mol. The zero-order chi connectivity index (χ0) is 8.10. The highest BCUT2D eigenvalue weighted by molar-refractivity contribution is 4.96. The van der Waals surface area contributed by atoms with Gasteiger partial charge in [-0.15, -0.1) is 0 Å². The molecule has 0 heterocycles. The van der Waals surface area contributed by atoms with Gasteiger partial charge < -0.3 is 0 Å². The molecule has 0 spiro atoms. The fourth-order valence-electron chi connectivity index (χ4n) is 2.28. The molecule has 0 heteroatoms. The standard InChI is InChI=1S/C9H14.C2H6/c1-2-5-9-7-3-6-8(9)4-1;1-2/h1-2,8-9H,3-7H2;1-2H3. The van der Waals surface area contributed by atoms with Crippen LogP contribution in [0, 0.1) is 11.8 Å². The number of hydrogen-bond donors (Lipinski definition) is 0. The van der Waals surface area contributed by atoms with Crippen LogP contribution in [0.1, 0.15) is 46.0 Å². The minimum absolute atomic E-state index is 1.08. The molecule has 1 saturated carbocycles. The molecule has 11 heavy (non-hydrogen) atoms. The predicted octanol–water partition coefficient (Wildman–Crippen LogP) is 3.78. The van der Waals surface area contributed by atoms with Gasteiger partial charge in [0.05, 0.1) is 0 Å². The highest BCUT2D eigenvalue weighted by atomic mass is 14.3. The van der Waals surface area contributed by atoms with E-state index in [0.29, 0.717) is 0 Å². The summed E-state index contributed by atoms with van der Waals surface area (Å²) in [4.78, 5) is 0. The molecule has 0 aromatic heterocycles. The summed E-state index contributed by atoms with van der Waals surface area (Å²) >= 11 is 0. The second-order valence-corrected chi connectivity index (χ2v) is 3.39. The van der Waals surface area contributed by atoms with E-state index in [1.807, 2.05) is 13.8 Å². The van der Waals surface area contributed by atoms with E-state index < -0.39 is 0 Å². The summed E-state index contributed by atoms with van der Waals surface area (Å²) in [6.07, 6.45) is 12.0. The molecule has 0 radical (unpaired) electrons. The third kappa shape index (κ3) is 2.08. The Hall–Kier alpha value is -0.260. The van der Waals surface area contributed by atoms with Crippen molar-refractivity contribution in [2.24, 2.45) is 11.8 Å². The van der Waals surface area contributed by atoms with E-state index in [0.717, 1.165) is 11.8 Å². The van der Waals surface area contributed by atoms with Crippen LogP contribution in [-0.4, -0.2) is 0 Å². The van der Waals surface area contributed by atoms with Crippen LogP contribution in [0.4, 0.5) is 0 Å². The van der Waals surface area contributed by atoms with Crippen molar-refractivity contribution >= 4 is 0 Å². The number of fused-ring (bicyclic) bond motifs is 1. The summed E-state index contributed by atoms with van der Waals surface area (Å²) in [5.74, 6) is 2.16. The van der Waals surface area contributed by atoms with Gasteiger partial charge >= 0.3 is 0 Å². The molecule has 1 fully saturated rings. The van der Waals surface area contributed by atoms with E-state index in [1.165, 1.54) is 32.1 Å². The third-order valence-electron chi connectivity index (χ3n) is 2.86. The molecule has 0 aliphatic heterocycles. The molecule has 0 aromatic rings. The van der Waals surface area contributed by atoms with E-state index in [2.05, 4.69) is 12.2 Å². The van der Waals surface area contributed by atoms with Crippen LogP contribution < -0.4 is 0 Å². The van der Waals surface area contributed by atoms with Crippen LogP contribution in [0.25, 0.3) is 0 Å². The van der Waals surface area contributed by atoms with Crippen LogP contribution in [-0.2, 0) is 0 Å². The van der Waals surface area contributed by atoms with E-state index >= 15 is 0 Å². The average Bonchev–Trinajstić information content (AvgIpc) is 2.55. The lowest BCUT2D eigenvalue weighted by Gasteiger charge is -2.19. The summed E-state index contributed by atoms with van der Waals surface area (Å²) in [7, 11) is 0. The smallest absolute Gasteiger partial charge is 0.0319 e. The Bertz CT molecular complexity index is 110. The van der Waals surface area contributed by atoms with Crippen molar-refractivity contribution in [1.29, 1.82) is 0 Å². The van der Waals surface area contributed by atoms with Crippen LogP contribution in [0.5, 0.6) is 0 Å². The van der Waals surface area contributed by atoms with Gasteiger partial charge in [-0.1, -0.05) is 32.4 Å². The SMILES string of the molecule is C1=CCC2CCCC2C1.CC. The third-order valence-corrected chi connectivity index (χ3v) is 2.86. The lowest BCUT2D eigenvalue weighted by atomic mass is 9.86. The van der Waals surface area contributed by atoms with Crippen molar-refractivity contribution in [2.75, 3.05) is 0 Å². The largest absolute Gasteiger partial charge is 0.0882 e. The Balaban J connectivity index is 0.000000281. The minimum Gasteiger partial charge on any atom is -0.0882 e. The van der Waals surface area contributed by atoms with Gasteiger partial charge in [0.1, 0.15) is 0 Å². The zero-order valence-electron chi connectivity index (χ0n) is 7.84. The first-order chi connectivity index (χ1) is 5.47. The molecule has 2 aliphatic rings. The molecule has 2 rings (SSSR count). The van der Waals surface area contributed by atoms with Crippen molar-refractivity contribution in [1.82, 2.24) is 0 Å². The normalized spacial score (nSPS) is 34.0. The van der Waals surface area contributed by atoms with E-state index in [-0.39, 0.29) is 0 Å². The van der Waals surface area contributed by atoms with Crippen LogP contribution in [0.15, 0.2) is 12.2 Å². The second-order valence-electron chi connectivity index (χ2n) is 3.39. The maximum Gasteiger partial charge on any atom is -0.0319 e. The first-order valence-corrected chi connectivity index (χ1v) is 5.12. The van der Waals surface area contributed by atoms with Gasteiger partial charge in [-0.2, -0.15) is 0 Å². The summed E-state index contributed by atoms with van der Waals surface area (Å²) in [6, 6.07) is 0. The van der Waals surface area contributed by atoms with Crippen molar-refractivity contribution in [2.45, 2.75) is 46.0 Å². The molecule has 2 unspecified atom stereocenters. The van der Waals surface area contributed by atoms with Crippen LogP contribution in [0.2, 0.25) is 0 Å². The highest BCUT2D eigenvalue weighted by Gasteiger charge is 2.26. The van der Waals surface area contributed by atoms with Crippen LogP contribution in [0.3, 0.4) is 0 Å². The molecule has 0 aromatic carbocycles. The first-order valence-electron chi connectivity index (χ1n) is 5.12. The van der Waals surface area contributed by atoms with Gasteiger partial charge in [-0.25, -0.2) is 0 Å². The van der Waals surface area contributed by atoms with E-state index in [9.17, 15) is 0 Å². The van der Waals surface area contributed by atoms with Crippen molar-refractivity contribution in [3.8, 4) is 0 Å². The molecule has 0 amide bonds. The van der Waals surface area contributed by atoms with Crippen LogP contribution >= 0.6 is 0 Å². The Kier molecular flexibility index (Phi) is 3.68. The Morgan fingerprint density at radius 2 is 1.36 bits per heavy atom. The van der Waals surface area contributed by atoms with Gasteiger partial charge in [-0.05, 0) is 37.5 Å². The lowest BCUT2D eigenvalue weighted by molar-refractivity contribution is 0.380. The topological polar surface area (TPSA) is 0 Å². The second kappa shape index (κ2) is 4.58. The molecule has 0 N–H and O–H groups in total. The van der Waals surface area contributed by atoms with Gasteiger partial charge in [-0.3, -0.25) is 0 Å². The minimum atomic E-state index is 1.08.